The number of ether oxygens (including phenoxy) is 1. The molecule has 94 valence electrons. The van der Waals surface area contributed by atoms with E-state index in [2.05, 4.69) is 0 Å². The molecule has 16 heavy (non-hydrogen) atoms. The minimum atomic E-state index is -3.65. The number of nitrogens with two attached hydrogens (primary N) is 1. The first-order valence-corrected chi connectivity index (χ1v) is 6.58. The third-order valence-electron chi connectivity index (χ3n) is 1.54. The van der Waals surface area contributed by atoms with Crippen molar-refractivity contribution >= 4 is 13.6 Å². The third kappa shape index (κ3) is 3.96. The second-order valence-corrected chi connectivity index (χ2v) is 4.60. The van der Waals surface area contributed by atoms with Gasteiger partial charge in [-0.15, -0.1) is 0 Å². The molecular formula is C9H18NO5P. The van der Waals surface area contributed by atoms with Gasteiger partial charge in [0.25, 0.3) is 0 Å². The smallest absolute Gasteiger partial charge is 0.370 e. The summed E-state index contributed by atoms with van der Waals surface area (Å²) in [5, 5.41) is -0.266. The first-order valence-electron chi connectivity index (χ1n) is 5.04. The fraction of sp³-hybridized carbons (Fsp3) is 0.667. The molecule has 0 heterocycles. The number of hydrogen-bond donors (Lipinski definition) is 1. The summed E-state index contributed by atoms with van der Waals surface area (Å²) in [6.07, 6.45) is 0.907. The molecule has 0 aromatic rings. The van der Waals surface area contributed by atoms with E-state index in [1.807, 2.05) is 0 Å². The molecule has 0 rings (SSSR count). The van der Waals surface area contributed by atoms with Crippen molar-refractivity contribution in [2.45, 2.75) is 20.8 Å². The molecule has 0 unspecified atom stereocenters. The second-order valence-electron chi connectivity index (χ2n) is 2.61. The first-order chi connectivity index (χ1) is 7.55. The number of carbonyl (C=O) groups is 1. The first kappa shape index (κ1) is 15.2. The van der Waals surface area contributed by atoms with Gasteiger partial charge in [0.1, 0.15) is 0 Å². The Kier molecular flexibility index (Phi) is 7.05. The summed E-state index contributed by atoms with van der Waals surface area (Å²) >= 11 is 0. The van der Waals surface area contributed by atoms with E-state index >= 15 is 0 Å². The van der Waals surface area contributed by atoms with Gasteiger partial charge in [0.05, 0.1) is 19.8 Å². The monoisotopic (exact) mass is 251 g/mol. The molecule has 7 heteroatoms. The van der Waals surface area contributed by atoms with Gasteiger partial charge in [-0.2, -0.15) is 0 Å². The van der Waals surface area contributed by atoms with Crippen molar-refractivity contribution in [3.05, 3.63) is 11.5 Å². The molecule has 0 spiro atoms. The maximum absolute atomic E-state index is 12.2. The molecule has 0 saturated heterocycles. The van der Waals surface area contributed by atoms with Crippen molar-refractivity contribution in [2.24, 2.45) is 5.73 Å². The van der Waals surface area contributed by atoms with Crippen LogP contribution < -0.4 is 5.73 Å². The van der Waals surface area contributed by atoms with Crippen LogP contribution in [-0.4, -0.2) is 25.8 Å². The molecule has 0 fully saturated rings. The molecule has 0 aliphatic carbocycles. The topological polar surface area (TPSA) is 87.9 Å². The van der Waals surface area contributed by atoms with Crippen LogP contribution in [-0.2, 0) is 23.1 Å². The van der Waals surface area contributed by atoms with Gasteiger partial charge in [0.15, 0.2) is 5.31 Å². The van der Waals surface area contributed by atoms with Crippen LogP contribution in [0.15, 0.2) is 11.5 Å². The summed E-state index contributed by atoms with van der Waals surface area (Å²) in [6, 6.07) is 0. The van der Waals surface area contributed by atoms with Gasteiger partial charge in [-0.05, 0) is 20.8 Å². The van der Waals surface area contributed by atoms with E-state index in [1.165, 1.54) is 0 Å². The van der Waals surface area contributed by atoms with Gasteiger partial charge in [0, 0.05) is 6.20 Å². The lowest BCUT2D eigenvalue weighted by atomic mass is 10.6. The van der Waals surface area contributed by atoms with Gasteiger partial charge >= 0.3 is 13.6 Å². The van der Waals surface area contributed by atoms with E-state index in [0.717, 1.165) is 6.20 Å². The van der Waals surface area contributed by atoms with Crippen LogP contribution in [0.5, 0.6) is 0 Å². The highest BCUT2D eigenvalue weighted by atomic mass is 31.2. The van der Waals surface area contributed by atoms with E-state index in [0.29, 0.717) is 0 Å². The lowest BCUT2D eigenvalue weighted by molar-refractivity contribution is -0.137. The minimum Gasteiger partial charge on any atom is -0.462 e. The zero-order chi connectivity index (χ0) is 12.6. The van der Waals surface area contributed by atoms with Crippen molar-refractivity contribution < 1.29 is 23.1 Å². The molecule has 0 aromatic heterocycles. The van der Waals surface area contributed by atoms with Gasteiger partial charge in [-0.3, -0.25) is 4.57 Å². The van der Waals surface area contributed by atoms with E-state index in [-0.39, 0.29) is 25.1 Å². The SMILES string of the molecule is CCOC(=O)/C(=C\N)P(=O)(OCC)OCC. The van der Waals surface area contributed by atoms with E-state index in [1.54, 1.807) is 20.8 Å². The highest BCUT2D eigenvalue weighted by molar-refractivity contribution is 7.59. The van der Waals surface area contributed by atoms with Crippen molar-refractivity contribution in [3.8, 4) is 0 Å². The molecule has 0 aliphatic heterocycles. The van der Waals surface area contributed by atoms with Crippen LogP contribution in [0.4, 0.5) is 0 Å². The summed E-state index contributed by atoms with van der Waals surface area (Å²) in [6.45, 7) is 5.38. The summed E-state index contributed by atoms with van der Waals surface area (Å²) < 4.78 is 26.8. The maximum atomic E-state index is 12.2. The van der Waals surface area contributed by atoms with Crippen molar-refractivity contribution in [2.75, 3.05) is 19.8 Å². The molecule has 0 radical (unpaired) electrons. The van der Waals surface area contributed by atoms with Crippen LogP contribution in [0.3, 0.4) is 0 Å². The third-order valence-corrected chi connectivity index (χ3v) is 3.65. The summed E-state index contributed by atoms with van der Waals surface area (Å²) in [5.74, 6) is -0.782. The highest BCUT2D eigenvalue weighted by Crippen LogP contribution is 2.55. The van der Waals surface area contributed by atoms with E-state index in [4.69, 9.17) is 19.5 Å². The van der Waals surface area contributed by atoms with Gasteiger partial charge in [-0.25, -0.2) is 4.79 Å². The molecule has 0 aliphatic rings. The fourth-order valence-electron chi connectivity index (χ4n) is 0.992. The Morgan fingerprint density at radius 1 is 1.19 bits per heavy atom. The molecule has 0 atom stereocenters. The summed E-state index contributed by atoms with van der Waals surface area (Å²) in [5.41, 5.74) is 5.26. The van der Waals surface area contributed by atoms with Gasteiger partial charge < -0.3 is 19.5 Å². The zero-order valence-corrected chi connectivity index (χ0v) is 10.7. The van der Waals surface area contributed by atoms with Crippen LogP contribution in [0.25, 0.3) is 0 Å². The van der Waals surface area contributed by atoms with Crippen LogP contribution in [0.1, 0.15) is 20.8 Å². The van der Waals surface area contributed by atoms with Crippen molar-refractivity contribution in [1.82, 2.24) is 0 Å². The molecule has 0 bridgehead atoms. The predicted molar refractivity (Wildman–Crippen MR) is 59.8 cm³/mol. The summed E-state index contributed by atoms with van der Waals surface area (Å²) in [4.78, 5) is 11.5. The molecular weight excluding hydrogens is 233 g/mol. The fourth-order valence-corrected chi connectivity index (χ4v) is 2.50. The summed E-state index contributed by atoms with van der Waals surface area (Å²) in [7, 11) is -3.65. The lowest BCUT2D eigenvalue weighted by Gasteiger charge is -2.18. The minimum absolute atomic E-state index is 0.147. The maximum Gasteiger partial charge on any atom is 0.370 e. The van der Waals surface area contributed by atoms with Crippen molar-refractivity contribution in [3.63, 3.8) is 0 Å². The Morgan fingerprint density at radius 3 is 2.00 bits per heavy atom. The largest absolute Gasteiger partial charge is 0.462 e. The number of carbonyl (C=O) groups excluding carboxylic acids is 1. The second kappa shape index (κ2) is 7.44. The highest BCUT2D eigenvalue weighted by Gasteiger charge is 2.35. The Labute approximate surface area is 95.3 Å². The quantitative estimate of drug-likeness (QED) is 0.420. The zero-order valence-electron chi connectivity index (χ0n) is 9.76. The predicted octanol–water partition coefficient (Wildman–Crippen LogP) is 1.62. The standard InChI is InChI=1S/C9H18NO5P/c1-4-13-9(11)8(7-10)16(12,14-5-2)15-6-3/h7H,4-6,10H2,1-3H3/b8-7+. The Morgan fingerprint density at radius 2 is 1.69 bits per heavy atom. The van der Waals surface area contributed by atoms with Crippen LogP contribution >= 0.6 is 7.60 Å². The van der Waals surface area contributed by atoms with Crippen LogP contribution in [0, 0.1) is 0 Å². The molecule has 0 amide bonds. The lowest BCUT2D eigenvalue weighted by Crippen LogP contribution is -2.13. The Bertz CT molecular complexity index is 292. The Balaban J connectivity index is 5.01. The average molecular weight is 251 g/mol. The normalized spacial score (nSPS) is 12.6. The molecule has 0 saturated carbocycles. The van der Waals surface area contributed by atoms with Gasteiger partial charge in [-0.1, -0.05) is 0 Å². The number of rotatable bonds is 7. The number of hydrogen-bond acceptors (Lipinski definition) is 6. The number of esters is 1. The van der Waals surface area contributed by atoms with E-state index < -0.39 is 13.6 Å². The van der Waals surface area contributed by atoms with Crippen molar-refractivity contribution in [1.29, 1.82) is 0 Å². The van der Waals surface area contributed by atoms with Crippen LogP contribution in [0.2, 0.25) is 0 Å². The molecule has 2 N–H and O–H groups in total. The Hall–Kier alpha value is -0.840. The van der Waals surface area contributed by atoms with E-state index in [9.17, 15) is 9.36 Å². The molecule has 0 aromatic carbocycles. The van der Waals surface area contributed by atoms with Gasteiger partial charge in [0.2, 0.25) is 0 Å². The molecule has 6 nitrogen and oxygen atoms in total. The average Bonchev–Trinajstić information content (AvgIpc) is 2.19.